The molecule has 0 saturated heterocycles. The molecule has 0 bridgehead atoms. The number of dihydropyridines is 1. The maximum atomic E-state index is 13.3. The van der Waals surface area contributed by atoms with Gasteiger partial charge in [0.15, 0.2) is 5.78 Å². The largest absolute Gasteiger partial charge is 0.457 e. The molecule has 0 fully saturated rings. The molecule has 2 aliphatic rings. The summed E-state index contributed by atoms with van der Waals surface area (Å²) >= 11 is 6.10. The van der Waals surface area contributed by atoms with E-state index < -0.39 is 11.9 Å². The van der Waals surface area contributed by atoms with Gasteiger partial charge in [-0.3, -0.25) is 4.79 Å². The molecule has 1 N–H and O–H groups in total. The zero-order valence-electron chi connectivity index (χ0n) is 18.0. The third-order valence-corrected chi connectivity index (χ3v) is 6.13. The number of carbonyl (C=O) groups is 2. The van der Waals surface area contributed by atoms with Crippen LogP contribution in [0.1, 0.15) is 50.7 Å². The van der Waals surface area contributed by atoms with Crippen molar-refractivity contribution < 1.29 is 14.3 Å². The van der Waals surface area contributed by atoms with Crippen molar-refractivity contribution in [1.29, 1.82) is 0 Å². The number of ketones is 1. The number of Topliss-reactive ketones (excluding diaryl/α,β-unsaturated/α-hetero) is 1. The normalized spacial score (nSPS) is 20.3. The van der Waals surface area contributed by atoms with E-state index in [1.807, 2.05) is 49.4 Å². The molecule has 4 nitrogen and oxygen atoms in total. The molecule has 31 heavy (non-hydrogen) atoms. The van der Waals surface area contributed by atoms with Gasteiger partial charge in [0.2, 0.25) is 0 Å². The third-order valence-electron chi connectivity index (χ3n) is 5.88. The molecule has 160 valence electrons. The Hall–Kier alpha value is -2.85. The molecule has 0 unspecified atom stereocenters. The fourth-order valence-electron chi connectivity index (χ4n) is 4.50. The molecular formula is C26H26ClNO3. The Morgan fingerprint density at radius 3 is 2.45 bits per heavy atom. The summed E-state index contributed by atoms with van der Waals surface area (Å²) in [5, 5.41) is 3.96. The van der Waals surface area contributed by atoms with Crippen molar-refractivity contribution in [3.63, 3.8) is 0 Å². The second-order valence-electron chi connectivity index (χ2n) is 9.04. The summed E-state index contributed by atoms with van der Waals surface area (Å²) in [6.07, 6.45) is 1.20. The lowest BCUT2D eigenvalue weighted by atomic mass is 9.68. The number of carbonyl (C=O) groups excluding carboxylic acids is 2. The van der Waals surface area contributed by atoms with Crippen molar-refractivity contribution >= 4 is 23.4 Å². The van der Waals surface area contributed by atoms with Crippen LogP contribution in [0.25, 0.3) is 0 Å². The number of allylic oxidation sites excluding steroid dienone is 3. The molecule has 4 rings (SSSR count). The minimum absolute atomic E-state index is 0.0690. The molecule has 5 heteroatoms. The predicted octanol–water partition coefficient (Wildman–Crippen LogP) is 5.69. The summed E-state index contributed by atoms with van der Waals surface area (Å²) in [5.74, 6) is -0.821. The monoisotopic (exact) mass is 435 g/mol. The number of hydrogen-bond acceptors (Lipinski definition) is 4. The third kappa shape index (κ3) is 4.45. The van der Waals surface area contributed by atoms with Crippen LogP contribution in [0.4, 0.5) is 0 Å². The summed E-state index contributed by atoms with van der Waals surface area (Å²) in [6.45, 7) is 6.24. The van der Waals surface area contributed by atoms with Gasteiger partial charge in [0.1, 0.15) is 6.61 Å². The molecule has 1 aliphatic heterocycles. The Labute approximate surface area is 187 Å². The van der Waals surface area contributed by atoms with Gasteiger partial charge in [0.25, 0.3) is 0 Å². The average molecular weight is 436 g/mol. The van der Waals surface area contributed by atoms with Gasteiger partial charge in [-0.25, -0.2) is 4.79 Å². The van der Waals surface area contributed by atoms with E-state index in [1.165, 1.54) is 0 Å². The lowest BCUT2D eigenvalue weighted by Gasteiger charge is -2.39. The van der Waals surface area contributed by atoms with E-state index in [4.69, 9.17) is 16.3 Å². The number of esters is 1. The zero-order chi connectivity index (χ0) is 22.2. The average Bonchev–Trinajstić information content (AvgIpc) is 2.71. The Bertz CT molecular complexity index is 1080. The smallest absolute Gasteiger partial charge is 0.337 e. The molecule has 1 atom stereocenters. The highest BCUT2D eigenvalue weighted by Crippen LogP contribution is 2.46. The number of hydrogen-bond donors (Lipinski definition) is 1. The summed E-state index contributed by atoms with van der Waals surface area (Å²) < 4.78 is 5.67. The van der Waals surface area contributed by atoms with Crippen LogP contribution < -0.4 is 5.32 Å². The SMILES string of the molecule is CC1=C(C(=O)OCc2ccccc2)[C@@H](c2ccc(Cl)cc2)C2=C(CC(C)(C)CC2=O)N1. The van der Waals surface area contributed by atoms with Gasteiger partial charge in [-0.2, -0.15) is 0 Å². The molecule has 0 saturated carbocycles. The van der Waals surface area contributed by atoms with E-state index in [0.29, 0.717) is 22.6 Å². The highest BCUT2D eigenvalue weighted by atomic mass is 35.5. The number of ether oxygens (including phenoxy) is 1. The maximum absolute atomic E-state index is 13.3. The molecule has 0 radical (unpaired) electrons. The van der Waals surface area contributed by atoms with Gasteiger partial charge >= 0.3 is 5.97 Å². The fraction of sp³-hybridized carbons (Fsp3) is 0.308. The van der Waals surface area contributed by atoms with E-state index in [2.05, 4.69) is 19.2 Å². The van der Waals surface area contributed by atoms with Crippen LogP contribution in [0.5, 0.6) is 0 Å². The predicted molar refractivity (Wildman–Crippen MR) is 121 cm³/mol. The quantitative estimate of drug-likeness (QED) is 0.627. The van der Waals surface area contributed by atoms with Crippen LogP contribution in [0.15, 0.2) is 77.1 Å². The number of benzene rings is 2. The number of rotatable bonds is 4. The van der Waals surface area contributed by atoms with E-state index in [9.17, 15) is 9.59 Å². The lowest BCUT2D eigenvalue weighted by molar-refractivity contribution is -0.140. The van der Waals surface area contributed by atoms with Gasteiger partial charge in [-0.05, 0) is 42.0 Å². The van der Waals surface area contributed by atoms with Crippen LogP contribution in [-0.2, 0) is 20.9 Å². The first-order valence-corrected chi connectivity index (χ1v) is 10.8. The molecule has 0 amide bonds. The lowest BCUT2D eigenvalue weighted by Crippen LogP contribution is -2.38. The van der Waals surface area contributed by atoms with Crippen molar-refractivity contribution in [1.82, 2.24) is 5.32 Å². The van der Waals surface area contributed by atoms with Gasteiger partial charge in [0, 0.05) is 34.3 Å². The summed E-state index contributed by atoms with van der Waals surface area (Å²) in [4.78, 5) is 26.5. The summed E-state index contributed by atoms with van der Waals surface area (Å²) in [6, 6.07) is 16.9. The first-order valence-electron chi connectivity index (χ1n) is 10.5. The Morgan fingerprint density at radius 2 is 1.77 bits per heavy atom. The Kier molecular flexibility index (Phi) is 5.76. The summed E-state index contributed by atoms with van der Waals surface area (Å²) in [5.41, 5.74) is 4.41. The minimum Gasteiger partial charge on any atom is -0.457 e. The standard InChI is InChI=1S/C26H26ClNO3/c1-16-22(25(30)31-15-17-7-5-4-6-8-17)23(18-9-11-19(27)12-10-18)24-20(28-16)13-26(2,3)14-21(24)29/h4-12,23,28H,13-15H2,1-3H3/t23-/m1/s1. The summed E-state index contributed by atoms with van der Waals surface area (Å²) in [7, 11) is 0. The molecule has 2 aromatic rings. The Morgan fingerprint density at radius 1 is 1.10 bits per heavy atom. The van der Waals surface area contributed by atoms with Crippen molar-refractivity contribution in [3.05, 3.63) is 93.3 Å². The zero-order valence-corrected chi connectivity index (χ0v) is 18.8. The van der Waals surface area contributed by atoms with Crippen LogP contribution in [-0.4, -0.2) is 11.8 Å². The van der Waals surface area contributed by atoms with Crippen LogP contribution in [0.2, 0.25) is 5.02 Å². The first kappa shape index (κ1) is 21.4. The van der Waals surface area contributed by atoms with Crippen molar-refractivity contribution in [2.75, 3.05) is 0 Å². The van der Waals surface area contributed by atoms with Crippen LogP contribution >= 0.6 is 11.6 Å². The maximum Gasteiger partial charge on any atom is 0.337 e. The minimum atomic E-state index is -0.472. The Balaban J connectivity index is 1.73. The molecule has 0 spiro atoms. The van der Waals surface area contributed by atoms with Gasteiger partial charge in [-0.15, -0.1) is 0 Å². The highest BCUT2D eigenvalue weighted by Gasteiger charge is 2.43. The van der Waals surface area contributed by atoms with Crippen LogP contribution in [0, 0.1) is 5.41 Å². The van der Waals surface area contributed by atoms with Gasteiger partial charge in [0.05, 0.1) is 5.57 Å². The highest BCUT2D eigenvalue weighted by molar-refractivity contribution is 6.30. The molecule has 0 aromatic heterocycles. The second-order valence-corrected chi connectivity index (χ2v) is 9.48. The topological polar surface area (TPSA) is 55.4 Å². The van der Waals surface area contributed by atoms with E-state index in [-0.39, 0.29) is 17.8 Å². The number of nitrogens with one attached hydrogen (secondary N) is 1. The first-order chi connectivity index (χ1) is 14.7. The van der Waals surface area contributed by atoms with E-state index in [0.717, 1.165) is 28.9 Å². The van der Waals surface area contributed by atoms with Crippen molar-refractivity contribution in [2.45, 2.75) is 46.1 Å². The number of halogens is 1. The second kappa shape index (κ2) is 8.35. The fourth-order valence-corrected chi connectivity index (χ4v) is 4.62. The molecule has 2 aromatic carbocycles. The molecule has 1 heterocycles. The van der Waals surface area contributed by atoms with Crippen LogP contribution in [0.3, 0.4) is 0 Å². The van der Waals surface area contributed by atoms with Gasteiger partial charge in [-0.1, -0.05) is 67.9 Å². The van der Waals surface area contributed by atoms with Gasteiger partial charge < -0.3 is 10.1 Å². The molecule has 1 aliphatic carbocycles. The van der Waals surface area contributed by atoms with Crippen molar-refractivity contribution in [3.8, 4) is 0 Å². The van der Waals surface area contributed by atoms with E-state index in [1.54, 1.807) is 12.1 Å². The van der Waals surface area contributed by atoms with Crippen molar-refractivity contribution in [2.24, 2.45) is 5.41 Å². The van der Waals surface area contributed by atoms with E-state index >= 15 is 0 Å². The molecular weight excluding hydrogens is 410 g/mol.